The van der Waals surface area contributed by atoms with Gasteiger partial charge in [-0.05, 0) is 37.5 Å². The molecule has 0 heterocycles. The van der Waals surface area contributed by atoms with Crippen molar-refractivity contribution < 1.29 is 22.4 Å². The molecule has 0 atom stereocenters. The molecule has 0 aliphatic heterocycles. The Morgan fingerprint density at radius 3 is 2.50 bits per heavy atom. The molecule has 1 nitrogen and oxygen atoms in total. The van der Waals surface area contributed by atoms with Gasteiger partial charge in [0.2, 0.25) is 0 Å². The fraction of sp³-hybridized carbons (Fsp3) is 0.400. The third-order valence-electron chi connectivity index (χ3n) is 2.91. The summed E-state index contributed by atoms with van der Waals surface area (Å²) in [4.78, 5) is 11.8. The van der Waals surface area contributed by atoms with E-state index < -0.39 is 23.3 Å². The second-order valence-electron chi connectivity index (χ2n) is 4.50. The highest BCUT2D eigenvalue weighted by molar-refractivity contribution is 5.96. The van der Waals surface area contributed by atoms with E-state index in [1.807, 2.05) is 0 Å². The Bertz CT molecular complexity index is 477. The molecule has 5 heteroatoms. The van der Waals surface area contributed by atoms with Crippen molar-refractivity contribution in [2.24, 2.45) is 0 Å². The van der Waals surface area contributed by atoms with Crippen LogP contribution in [-0.4, -0.2) is 5.78 Å². The molecule has 0 N–H and O–H groups in total. The maximum absolute atomic E-state index is 13.1. The summed E-state index contributed by atoms with van der Waals surface area (Å²) in [5, 5.41) is 0. The maximum atomic E-state index is 13.1. The van der Waals surface area contributed by atoms with Crippen molar-refractivity contribution in [3.05, 3.63) is 47.8 Å². The number of alkyl halides is 3. The van der Waals surface area contributed by atoms with Gasteiger partial charge in [0.1, 0.15) is 5.82 Å². The minimum atomic E-state index is -4.79. The predicted octanol–water partition coefficient (Wildman–Crippen LogP) is 5.16. The second kappa shape index (κ2) is 7.22. The molecule has 20 heavy (non-hydrogen) atoms. The molecule has 1 rings (SSSR count). The van der Waals surface area contributed by atoms with Crippen LogP contribution in [0.2, 0.25) is 0 Å². The molecule has 0 fully saturated rings. The number of unbranched alkanes of at least 4 members (excludes halogenated alkanes) is 3. The Morgan fingerprint density at radius 1 is 1.20 bits per heavy atom. The first-order chi connectivity index (χ1) is 9.36. The summed E-state index contributed by atoms with van der Waals surface area (Å²) in [5.74, 6) is -1.76. The Morgan fingerprint density at radius 2 is 1.90 bits per heavy atom. The first kappa shape index (κ1) is 16.4. The van der Waals surface area contributed by atoms with Crippen LogP contribution in [0.25, 0.3) is 0 Å². The van der Waals surface area contributed by atoms with E-state index in [9.17, 15) is 22.4 Å². The first-order valence-electron chi connectivity index (χ1n) is 6.37. The molecule has 0 saturated carbocycles. The molecule has 0 unspecified atom stereocenters. The molecule has 0 amide bonds. The molecule has 110 valence electrons. The van der Waals surface area contributed by atoms with E-state index in [-0.39, 0.29) is 12.0 Å². The minimum absolute atomic E-state index is 0.0950. The van der Waals surface area contributed by atoms with Crippen LogP contribution in [0, 0.1) is 5.82 Å². The topological polar surface area (TPSA) is 17.1 Å². The van der Waals surface area contributed by atoms with E-state index in [2.05, 4.69) is 6.58 Å². The van der Waals surface area contributed by atoms with Gasteiger partial charge < -0.3 is 0 Å². The average molecular weight is 288 g/mol. The molecule has 0 saturated heterocycles. The van der Waals surface area contributed by atoms with E-state index in [4.69, 9.17) is 0 Å². The van der Waals surface area contributed by atoms with Crippen LogP contribution < -0.4 is 0 Å². The zero-order chi connectivity index (χ0) is 15.2. The van der Waals surface area contributed by atoms with Crippen LogP contribution in [0.4, 0.5) is 17.6 Å². The average Bonchev–Trinajstić information content (AvgIpc) is 2.37. The monoisotopic (exact) mass is 288 g/mol. The molecular formula is C15H16F4O. The van der Waals surface area contributed by atoms with Crippen LogP contribution in [-0.2, 0) is 6.18 Å². The van der Waals surface area contributed by atoms with Crippen LogP contribution in [0.1, 0.15) is 48.0 Å². The number of carbonyl (C=O) groups is 1. The van der Waals surface area contributed by atoms with Gasteiger partial charge in [-0.25, -0.2) is 4.39 Å². The van der Waals surface area contributed by atoms with Crippen molar-refractivity contribution in [3.63, 3.8) is 0 Å². The maximum Gasteiger partial charge on any atom is 0.419 e. The fourth-order valence-corrected chi connectivity index (χ4v) is 1.81. The predicted molar refractivity (Wildman–Crippen MR) is 69.0 cm³/mol. The fourth-order valence-electron chi connectivity index (χ4n) is 1.81. The van der Waals surface area contributed by atoms with Gasteiger partial charge in [-0.2, -0.15) is 13.2 Å². The van der Waals surface area contributed by atoms with Gasteiger partial charge >= 0.3 is 6.18 Å². The van der Waals surface area contributed by atoms with Crippen molar-refractivity contribution >= 4 is 5.78 Å². The lowest BCUT2D eigenvalue weighted by Gasteiger charge is -2.09. The molecule has 1 aromatic rings. The zero-order valence-corrected chi connectivity index (χ0v) is 11.0. The Balaban J connectivity index is 2.67. The standard InChI is InChI=1S/C15H16F4O/c1-2-3-4-5-6-7-14(20)11-8-9-13(16)12(10-11)15(17,18)19/h2,8-10H,1,3-7H2. The van der Waals surface area contributed by atoms with Gasteiger partial charge in [0.15, 0.2) is 5.78 Å². The second-order valence-corrected chi connectivity index (χ2v) is 4.50. The van der Waals surface area contributed by atoms with Crippen LogP contribution >= 0.6 is 0 Å². The van der Waals surface area contributed by atoms with E-state index in [1.54, 1.807) is 6.08 Å². The smallest absolute Gasteiger partial charge is 0.294 e. The Kier molecular flexibility index (Phi) is 5.92. The molecule has 0 aromatic heterocycles. The lowest BCUT2D eigenvalue weighted by atomic mass is 10.0. The van der Waals surface area contributed by atoms with Crippen molar-refractivity contribution in [1.29, 1.82) is 0 Å². The van der Waals surface area contributed by atoms with E-state index >= 15 is 0 Å². The van der Waals surface area contributed by atoms with Crippen molar-refractivity contribution in [1.82, 2.24) is 0 Å². The lowest BCUT2D eigenvalue weighted by molar-refractivity contribution is -0.140. The number of ketones is 1. The van der Waals surface area contributed by atoms with Gasteiger partial charge in [-0.15, -0.1) is 6.58 Å². The van der Waals surface area contributed by atoms with E-state index in [1.165, 1.54) is 0 Å². The molecule has 0 aliphatic carbocycles. The molecule has 0 aliphatic rings. The van der Waals surface area contributed by atoms with E-state index in [0.717, 1.165) is 25.3 Å². The van der Waals surface area contributed by atoms with Gasteiger partial charge in [0.05, 0.1) is 5.56 Å². The third-order valence-corrected chi connectivity index (χ3v) is 2.91. The summed E-state index contributed by atoms with van der Waals surface area (Å²) in [7, 11) is 0. The Hall–Kier alpha value is -1.65. The molecular weight excluding hydrogens is 272 g/mol. The summed E-state index contributed by atoms with van der Waals surface area (Å²) in [6.07, 6.45) is 0.315. The molecule has 0 bridgehead atoms. The highest BCUT2D eigenvalue weighted by atomic mass is 19.4. The van der Waals surface area contributed by atoms with Crippen LogP contribution in [0.5, 0.6) is 0 Å². The SMILES string of the molecule is C=CCCCCCC(=O)c1ccc(F)c(C(F)(F)F)c1. The number of rotatable bonds is 7. The normalized spacial score (nSPS) is 11.4. The summed E-state index contributed by atoms with van der Waals surface area (Å²) >= 11 is 0. The minimum Gasteiger partial charge on any atom is -0.294 e. The quantitative estimate of drug-likeness (QED) is 0.293. The number of hydrogen-bond donors (Lipinski definition) is 0. The summed E-state index contributed by atoms with van der Waals surface area (Å²) in [5.41, 5.74) is -1.49. The van der Waals surface area contributed by atoms with E-state index in [0.29, 0.717) is 18.6 Å². The number of allylic oxidation sites excluding steroid dienone is 1. The number of benzene rings is 1. The highest BCUT2D eigenvalue weighted by Gasteiger charge is 2.34. The van der Waals surface area contributed by atoms with Gasteiger partial charge in [-0.1, -0.05) is 12.5 Å². The third kappa shape index (κ3) is 4.79. The van der Waals surface area contributed by atoms with Crippen molar-refractivity contribution in [3.8, 4) is 0 Å². The van der Waals surface area contributed by atoms with Gasteiger partial charge in [-0.3, -0.25) is 4.79 Å². The first-order valence-corrected chi connectivity index (χ1v) is 6.37. The number of Topliss-reactive ketones (excluding diaryl/α,β-unsaturated/α-hetero) is 1. The number of hydrogen-bond acceptors (Lipinski definition) is 1. The lowest BCUT2D eigenvalue weighted by Crippen LogP contribution is -2.10. The largest absolute Gasteiger partial charge is 0.419 e. The summed E-state index contributed by atoms with van der Waals surface area (Å²) in [6.45, 7) is 3.57. The van der Waals surface area contributed by atoms with Crippen molar-refractivity contribution in [2.45, 2.75) is 38.3 Å². The summed E-state index contributed by atoms with van der Waals surface area (Å²) < 4.78 is 50.6. The highest BCUT2D eigenvalue weighted by Crippen LogP contribution is 2.32. The van der Waals surface area contributed by atoms with Gasteiger partial charge in [0, 0.05) is 12.0 Å². The number of carbonyl (C=O) groups excluding carboxylic acids is 1. The Labute approximate surface area is 115 Å². The molecule has 0 spiro atoms. The summed E-state index contributed by atoms with van der Waals surface area (Å²) in [6, 6.07) is 2.37. The van der Waals surface area contributed by atoms with Crippen LogP contribution in [0.3, 0.4) is 0 Å². The number of halogens is 4. The zero-order valence-electron chi connectivity index (χ0n) is 11.0. The molecule has 0 radical (unpaired) electrons. The van der Waals surface area contributed by atoms with Crippen LogP contribution in [0.15, 0.2) is 30.9 Å². The molecule has 1 aromatic carbocycles. The van der Waals surface area contributed by atoms with Crippen molar-refractivity contribution in [2.75, 3.05) is 0 Å². The van der Waals surface area contributed by atoms with Gasteiger partial charge in [0.25, 0.3) is 0 Å².